The quantitative estimate of drug-likeness (QED) is 0.371. The highest BCUT2D eigenvalue weighted by atomic mass is 32.1. The molecule has 0 aromatic carbocycles. The standard InChI is InChI=1S/C26H48N2O4S/c1-21(2,19(29)31-17-12-22(3,4)27-23(5,6)13-17)16-26(11,33)20(30)32-18-14-24(7,8)28-25(9,10)15-18/h17-18,27-28,33H,12-16H2,1-11H3. The molecule has 0 aromatic rings. The number of carbonyl (C=O) groups is 2. The van der Waals surface area contributed by atoms with E-state index in [4.69, 9.17) is 9.47 Å². The fourth-order valence-electron chi connectivity index (χ4n) is 6.22. The average molecular weight is 485 g/mol. The van der Waals surface area contributed by atoms with Crippen molar-refractivity contribution in [1.29, 1.82) is 0 Å². The molecule has 2 heterocycles. The van der Waals surface area contributed by atoms with Gasteiger partial charge < -0.3 is 20.1 Å². The Morgan fingerprint density at radius 1 is 0.727 bits per heavy atom. The van der Waals surface area contributed by atoms with Gasteiger partial charge in [-0.2, -0.15) is 12.6 Å². The number of hydrogen-bond donors (Lipinski definition) is 3. The summed E-state index contributed by atoms with van der Waals surface area (Å²) in [5.41, 5.74) is -1.36. The lowest BCUT2D eigenvalue weighted by Gasteiger charge is -2.47. The van der Waals surface area contributed by atoms with Crippen LogP contribution in [0.5, 0.6) is 0 Å². The molecule has 2 rings (SSSR count). The molecule has 6 nitrogen and oxygen atoms in total. The molecule has 192 valence electrons. The number of hydrogen-bond acceptors (Lipinski definition) is 7. The molecule has 0 amide bonds. The second kappa shape index (κ2) is 9.02. The molecule has 0 radical (unpaired) electrons. The van der Waals surface area contributed by atoms with E-state index >= 15 is 0 Å². The van der Waals surface area contributed by atoms with E-state index in [9.17, 15) is 9.59 Å². The van der Waals surface area contributed by atoms with Crippen molar-refractivity contribution in [3.05, 3.63) is 0 Å². The van der Waals surface area contributed by atoms with Crippen molar-refractivity contribution < 1.29 is 19.1 Å². The molecule has 0 spiro atoms. The third-order valence-electron chi connectivity index (χ3n) is 6.63. The van der Waals surface area contributed by atoms with E-state index in [2.05, 4.69) is 78.7 Å². The normalized spacial score (nSPS) is 26.8. The highest BCUT2D eigenvalue weighted by molar-refractivity contribution is 7.82. The van der Waals surface area contributed by atoms with Crippen LogP contribution < -0.4 is 10.6 Å². The molecule has 2 saturated heterocycles. The Balaban J connectivity index is 2.03. The molecular weight excluding hydrogens is 436 g/mol. The van der Waals surface area contributed by atoms with Crippen LogP contribution >= 0.6 is 12.6 Å². The maximum atomic E-state index is 13.2. The van der Waals surface area contributed by atoms with Gasteiger partial charge in [-0.25, -0.2) is 0 Å². The van der Waals surface area contributed by atoms with Crippen molar-refractivity contribution >= 4 is 24.6 Å². The molecule has 1 atom stereocenters. The largest absolute Gasteiger partial charge is 0.462 e. The fraction of sp³-hybridized carbons (Fsp3) is 0.923. The monoisotopic (exact) mass is 484 g/mol. The number of nitrogens with one attached hydrogen (secondary N) is 2. The van der Waals surface area contributed by atoms with E-state index in [-0.39, 0.29) is 52.7 Å². The first kappa shape index (κ1) is 28.4. The molecule has 2 aliphatic rings. The van der Waals surface area contributed by atoms with Crippen molar-refractivity contribution in [3.8, 4) is 0 Å². The van der Waals surface area contributed by atoms with Gasteiger partial charge in [-0.3, -0.25) is 9.59 Å². The minimum absolute atomic E-state index is 0.116. The molecule has 7 heteroatoms. The second-order valence-corrected chi connectivity index (χ2v) is 15.0. The van der Waals surface area contributed by atoms with Crippen LogP contribution in [0.4, 0.5) is 0 Å². The van der Waals surface area contributed by atoms with Gasteiger partial charge in [-0.05, 0) is 82.6 Å². The highest BCUT2D eigenvalue weighted by Gasteiger charge is 2.46. The summed E-state index contributed by atoms with van der Waals surface area (Å²) in [5.74, 6) is -0.674. The lowest BCUT2D eigenvalue weighted by molar-refractivity contribution is -0.166. The number of piperidine rings is 2. The molecule has 2 N–H and O–H groups in total. The minimum Gasteiger partial charge on any atom is -0.462 e. The maximum Gasteiger partial charge on any atom is 0.321 e. The Bertz CT molecular complexity index is 661. The van der Waals surface area contributed by atoms with Crippen LogP contribution in [0.15, 0.2) is 0 Å². The predicted molar refractivity (Wildman–Crippen MR) is 137 cm³/mol. The Kier molecular flexibility index (Phi) is 7.77. The Morgan fingerprint density at radius 2 is 1.03 bits per heavy atom. The summed E-state index contributed by atoms with van der Waals surface area (Å²) in [5, 5.41) is 7.21. The van der Waals surface area contributed by atoms with E-state index < -0.39 is 10.2 Å². The molecule has 1 unspecified atom stereocenters. The molecule has 0 bridgehead atoms. The van der Waals surface area contributed by atoms with Crippen molar-refractivity contribution in [2.24, 2.45) is 5.41 Å². The first-order chi connectivity index (χ1) is 14.5. The molecule has 2 aliphatic heterocycles. The molecule has 2 fully saturated rings. The number of thiol groups is 1. The molecular formula is C26H48N2O4S. The zero-order valence-corrected chi connectivity index (χ0v) is 23.7. The summed E-state index contributed by atoms with van der Waals surface area (Å²) in [6, 6.07) is 0. The third kappa shape index (κ3) is 8.14. The summed E-state index contributed by atoms with van der Waals surface area (Å²) in [6.45, 7) is 22.4. The summed E-state index contributed by atoms with van der Waals surface area (Å²) >= 11 is 4.67. The topological polar surface area (TPSA) is 76.7 Å². The van der Waals surface area contributed by atoms with Crippen LogP contribution in [0.1, 0.15) is 108 Å². The van der Waals surface area contributed by atoms with Crippen LogP contribution in [0, 0.1) is 5.41 Å². The summed E-state index contributed by atoms with van der Waals surface area (Å²) < 4.78 is 10.8. The highest BCUT2D eigenvalue weighted by Crippen LogP contribution is 2.38. The van der Waals surface area contributed by atoms with E-state index in [1.54, 1.807) is 6.92 Å². The van der Waals surface area contributed by atoms with Gasteiger partial charge in [0.2, 0.25) is 0 Å². The summed E-state index contributed by atoms with van der Waals surface area (Å²) in [7, 11) is 0. The smallest absolute Gasteiger partial charge is 0.321 e. The van der Waals surface area contributed by atoms with Crippen LogP contribution in [-0.4, -0.2) is 51.0 Å². The van der Waals surface area contributed by atoms with Gasteiger partial charge in [0.1, 0.15) is 17.0 Å². The van der Waals surface area contributed by atoms with Crippen LogP contribution in [0.3, 0.4) is 0 Å². The van der Waals surface area contributed by atoms with Gasteiger partial charge in [0.25, 0.3) is 0 Å². The van der Waals surface area contributed by atoms with Gasteiger partial charge in [0.05, 0.1) is 5.41 Å². The zero-order chi connectivity index (χ0) is 25.7. The number of rotatable bonds is 6. The summed E-state index contributed by atoms with van der Waals surface area (Å²) in [4.78, 5) is 26.3. The van der Waals surface area contributed by atoms with Gasteiger partial charge in [0, 0.05) is 47.8 Å². The Labute approximate surface area is 207 Å². The number of ether oxygens (including phenoxy) is 2. The van der Waals surface area contributed by atoms with E-state index in [0.717, 1.165) is 25.7 Å². The average Bonchev–Trinajstić information content (AvgIpc) is 2.46. The van der Waals surface area contributed by atoms with Crippen molar-refractivity contribution in [1.82, 2.24) is 10.6 Å². The van der Waals surface area contributed by atoms with Crippen LogP contribution in [-0.2, 0) is 19.1 Å². The second-order valence-electron chi connectivity index (χ2n) is 14.0. The van der Waals surface area contributed by atoms with Crippen LogP contribution in [0.2, 0.25) is 0 Å². The minimum atomic E-state index is -1.10. The van der Waals surface area contributed by atoms with Crippen LogP contribution in [0.25, 0.3) is 0 Å². The molecule has 0 saturated carbocycles. The molecule has 33 heavy (non-hydrogen) atoms. The molecule has 0 aliphatic carbocycles. The third-order valence-corrected chi connectivity index (χ3v) is 6.97. The van der Waals surface area contributed by atoms with Gasteiger partial charge in [0.15, 0.2) is 0 Å². The molecule has 0 aromatic heterocycles. The Morgan fingerprint density at radius 3 is 1.36 bits per heavy atom. The van der Waals surface area contributed by atoms with E-state index in [0.29, 0.717) is 0 Å². The predicted octanol–water partition coefficient (Wildman–Crippen LogP) is 4.80. The first-order valence-electron chi connectivity index (χ1n) is 12.3. The lowest BCUT2D eigenvalue weighted by atomic mass is 9.79. The fourth-order valence-corrected chi connectivity index (χ4v) is 6.67. The van der Waals surface area contributed by atoms with E-state index in [1.165, 1.54) is 0 Å². The van der Waals surface area contributed by atoms with E-state index in [1.807, 2.05) is 13.8 Å². The lowest BCUT2D eigenvalue weighted by Crippen LogP contribution is -2.60. The Hall–Kier alpha value is -0.790. The number of esters is 2. The summed E-state index contributed by atoms with van der Waals surface area (Å²) in [6.07, 6.45) is 2.84. The van der Waals surface area contributed by atoms with Gasteiger partial charge >= 0.3 is 11.9 Å². The van der Waals surface area contributed by atoms with Crippen molar-refractivity contribution in [3.63, 3.8) is 0 Å². The first-order valence-corrected chi connectivity index (χ1v) is 12.7. The van der Waals surface area contributed by atoms with Gasteiger partial charge in [-0.1, -0.05) is 0 Å². The number of carbonyl (C=O) groups excluding carboxylic acids is 2. The van der Waals surface area contributed by atoms with Crippen molar-refractivity contribution in [2.45, 2.75) is 147 Å². The van der Waals surface area contributed by atoms with Gasteiger partial charge in [-0.15, -0.1) is 0 Å². The zero-order valence-electron chi connectivity index (χ0n) is 22.8. The SMILES string of the molecule is CC1(C)CC(OC(=O)C(C)(C)CC(C)(S)C(=O)OC2CC(C)(C)NC(C)(C)C2)CC(C)(C)N1. The van der Waals surface area contributed by atoms with Crippen molar-refractivity contribution in [2.75, 3.05) is 0 Å². The maximum absolute atomic E-state index is 13.2.